The third-order valence-corrected chi connectivity index (χ3v) is 5.05. The van der Waals surface area contributed by atoms with Crippen molar-refractivity contribution in [1.29, 1.82) is 0 Å². The zero-order valence-electron chi connectivity index (χ0n) is 16.6. The summed E-state index contributed by atoms with van der Waals surface area (Å²) in [5.41, 5.74) is 5.14. The molecule has 3 heterocycles. The quantitative estimate of drug-likeness (QED) is 0.546. The molecule has 0 spiro atoms. The molecule has 3 amide bonds. The highest BCUT2D eigenvalue weighted by Gasteiger charge is 2.33. The zero-order chi connectivity index (χ0) is 20.5. The lowest BCUT2D eigenvalue weighted by atomic mass is 10.2. The molecule has 1 fully saturated rings. The summed E-state index contributed by atoms with van der Waals surface area (Å²) >= 11 is 0. The molecule has 0 saturated carbocycles. The number of imide groups is 1. The van der Waals surface area contributed by atoms with Crippen molar-refractivity contribution in [2.75, 3.05) is 0 Å². The first-order valence-corrected chi connectivity index (χ1v) is 9.44. The Morgan fingerprint density at radius 3 is 2.52 bits per heavy atom. The van der Waals surface area contributed by atoms with E-state index < -0.39 is 6.03 Å². The molecular weight excluding hydrogens is 364 g/mol. The minimum atomic E-state index is -0.403. The lowest BCUT2D eigenvalue weighted by Crippen LogP contribution is -2.30. The van der Waals surface area contributed by atoms with Gasteiger partial charge in [0, 0.05) is 17.6 Å². The van der Waals surface area contributed by atoms with Crippen LogP contribution in [0.3, 0.4) is 0 Å². The van der Waals surface area contributed by atoms with Crippen molar-refractivity contribution in [3.05, 3.63) is 88.5 Å². The summed E-state index contributed by atoms with van der Waals surface area (Å²) in [5, 5.41) is 2.70. The van der Waals surface area contributed by atoms with E-state index in [2.05, 4.69) is 10.3 Å². The van der Waals surface area contributed by atoms with E-state index in [0.29, 0.717) is 0 Å². The van der Waals surface area contributed by atoms with Gasteiger partial charge in [0.1, 0.15) is 11.5 Å². The predicted molar refractivity (Wildman–Crippen MR) is 111 cm³/mol. The average Bonchev–Trinajstić information content (AvgIpc) is 3.12. The van der Waals surface area contributed by atoms with Crippen LogP contribution in [0.1, 0.15) is 28.1 Å². The van der Waals surface area contributed by atoms with Crippen LogP contribution in [0.25, 0.3) is 11.9 Å². The van der Waals surface area contributed by atoms with Crippen LogP contribution in [-0.2, 0) is 11.3 Å². The maximum atomic E-state index is 12.8. The van der Waals surface area contributed by atoms with E-state index in [1.54, 1.807) is 12.3 Å². The third-order valence-electron chi connectivity index (χ3n) is 5.05. The van der Waals surface area contributed by atoms with E-state index in [1.807, 2.05) is 73.9 Å². The molecule has 0 unspecified atom stereocenters. The molecule has 6 nitrogen and oxygen atoms in total. The summed E-state index contributed by atoms with van der Waals surface area (Å²) in [6.45, 7) is 6.24. The topological polar surface area (TPSA) is 67.2 Å². The number of urea groups is 1. The van der Waals surface area contributed by atoms with Crippen LogP contribution >= 0.6 is 0 Å². The molecule has 0 bridgehead atoms. The molecule has 0 radical (unpaired) electrons. The van der Waals surface area contributed by atoms with E-state index in [-0.39, 0.29) is 18.1 Å². The first-order valence-electron chi connectivity index (χ1n) is 9.44. The number of aryl methyl sites for hydroxylation is 2. The Bertz CT molecular complexity index is 1130. The molecule has 1 aliphatic heterocycles. The van der Waals surface area contributed by atoms with Gasteiger partial charge in [0.15, 0.2) is 0 Å². The molecule has 1 N–H and O–H groups in total. The molecule has 3 aromatic rings. The Balaban J connectivity index is 1.64. The van der Waals surface area contributed by atoms with Crippen LogP contribution in [-0.4, -0.2) is 26.4 Å². The summed E-state index contributed by atoms with van der Waals surface area (Å²) in [7, 11) is 0. The number of nitrogens with zero attached hydrogens (tertiary/aromatic N) is 3. The van der Waals surface area contributed by atoms with Gasteiger partial charge in [-0.2, -0.15) is 0 Å². The van der Waals surface area contributed by atoms with Gasteiger partial charge >= 0.3 is 6.03 Å². The molecule has 4 rings (SSSR count). The van der Waals surface area contributed by atoms with E-state index in [0.717, 1.165) is 33.9 Å². The van der Waals surface area contributed by atoms with Gasteiger partial charge in [0.25, 0.3) is 5.91 Å². The fourth-order valence-electron chi connectivity index (χ4n) is 3.57. The molecule has 0 atom stereocenters. The van der Waals surface area contributed by atoms with Gasteiger partial charge in [-0.25, -0.2) is 9.78 Å². The number of carbonyl (C=O) groups excluding carboxylic acids is 2. The maximum Gasteiger partial charge on any atom is 0.329 e. The van der Waals surface area contributed by atoms with E-state index in [9.17, 15) is 9.59 Å². The van der Waals surface area contributed by atoms with Crippen molar-refractivity contribution in [2.45, 2.75) is 27.3 Å². The molecule has 1 aliphatic rings. The van der Waals surface area contributed by atoms with Gasteiger partial charge in [-0.3, -0.25) is 9.69 Å². The molecule has 1 saturated heterocycles. The number of benzene rings is 1. The number of carbonyl (C=O) groups is 2. The predicted octanol–water partition coefficient (Wildman–Crippen LogP) is 3.89. The molecule has 0 aliphatic carbocycles. The highest BCUT2D eigenvalue weighted by atomic mass is 16.2. The fourth-order valence-corrected chi connectivity index (χ4v) is 3.57. The minimum absolute atomic E-state index is 0.245. The Kier molecular flexibility index (Phi) is 4.76. The monoisotopic (exact) mass is 386 g/mol. The number of pyridine rings is 1. The fraction of sp³-hybridized carbons (Fsp3) is 0.174. The number of nitrogens with one attached hydrogen (secondary N) is 1. The Morgan fingerprint density at radius 2 is 1.79 bits per heavy atom. The van der Waals surface area contributed by atoms with Gasteiger partial charge in [0.2, 0.25) is 0 Å². The highest BCUT2D eigenvalue weighted by molar-refractivity contribution is 6.13. The smallest absolute Gasteiger partial charge is 0.303 e. The van der Waals surface area contributed by atoms with Gasteiger partial charge in [-0.15, -0.1) is 0 Å². The second-order valence-electron chi connectivity index (χ2n) is 7.22. The Labute approximate surface area is 169 Å². The lowest BCUT2D eigenvalue weighted by Gasteiger charge is -2.11. The Morgan fingerprint density at radius 1 is 1.03 bits per heavy atom. The van der Waals surface area contributed by atoms with Crippen LogP contribution in [0.4, 0.5) is 4.79 Å². The summed E-state index contributed by atoms with van der Waals surface area (Å²) in [6, 6.07) is 15.0. The summed E-state index contributed by atoms with van der Waals surface area (Å²) in [4.78, 5) is 30.8. The number of rotatable bonds is 4. The van der Waals surface area contributed by atoms with Crippen molar-refractivity contribution < 1.29 is 9.59 Å². The molecule has 1 aromatic carbocycles. The number of hydrogen-bond donors (Lipinski definition) is 1. The zero-order valence-corrected chi connectivity index (χ0v) is 16.6. The van der Waals surface area contributed by atoms with Gasteiger partial charge in [-0.1, -0.05) is 30.3 Å². The van der Waals surface area contributed by atoms with Crippen molar-refractivity contribution >= 4 is 18.0 Å². The van der Waals surface area contributed by atoms with E-state index >= 15 is 0 Å². The van der Waals surface area contributed by atoms with Gasteiger partial charge < -0.3 is 9.88 Å². The maximum absolute atomic E-state index is 12.8. The largest absolute Gasteiger partial charge is 0.329 e. The normalized spacial score (nSPS) is 15.3. The molecular formula is C23H22N4O2. The van der Waals surface area contributed by atoms with Crippen LogP contribution in [0.15, 0.2) is 60.4 Å². The average molecular weight is 386 g/mol. The highest BCUT2D eigenvalue weighted by Crippen LogP contribution is 2.24. The van der Waals surface area contributed by atoms with Gasteiger partial charge in [-0.05, 0) is 61.7 Å². The van der Waals surface area contributed by atoms with Gasteiger partial charge in [0.05, 0.1) is 6.54 Å². The van der Waals surface area contributed by atoms with Crippen molar-refractivity contribution in [3.8, 4) is 5.82 Å². The van der Waals surface area contributed by atoms with Crippen molar-refractivity contribution in [1.82, 2.24) is 19.8 Å². The van der Waals surface area contributed by atoms with Crippen LogP contribution in [0.2, 0.25) is 0 Å². The summed E-state index contributed by atoms with van der Waals surface area (Å²) in [5.74, 6) is 0.509. The molecule has 6 heteroatoms. The molecule has 146 valence electrons. The second kappa shape index (κ2) is 7.39. The first-order chi connectivity index (χ1) is 13.9. The Hall–Kier alpha value is -3.67. The standard InChI is InChI=1S/C23H22N4O2/c1-15-9-10-24-21(11-15)27-16(2)12-19(17(27)3)13-20-22(28)26(23(29)25-20)14-18-7-5-4-6-8-18/h4-13H,14H2,1-3H3,(H,25,29)/b20-13+. The number of hydrogen-bond acceptors (Lipinski definition) is 3. The first kappa shape index (κ1) is 18.7. The van der Waals surface area contributed by atoms with Crippen LogP contribution in [0, 0.1) is 20.8 Å². The van der Waals surface area contributed by atoms with Crippen molar-refractivity contribution in [2.24, 2.45) is 0 Å². The van der Waals surface area contributed by atoms with Crippen molar-refractivity contribution in [3.63, 3.8) is 0 Å². The summed E-state index contributed by atoms with van der Waals surface area (Å²) in [6.07, 6.45) is 3.52. The number of amides is 3. The summed E-state index contributed by atoms with van der Waals surface area (Å²) < 4.78 is 2.04. The van der Waals surface area contributed by atoms with E-state index in [1.165, 1.54) is 4.90 Å². The van der Waals surface area contributed by atoms with Crippen LogP contribution in [0.5, 0.6) is 0 Å². The molecule has 29 heavy (non-hydrogen) atoms. The van der Waals surface area contributed by atoms with E-state index in [4.69, 9.17) is 0 Å². The SMILES string of the molecule is Cc1ccnc(-n2c(C)cc(/C=C3/NC(=O)N(Cc4ccccc4)C3=O)c2C)c1. The lowest BCUT2D eigenvalue weighted by molar-refractivity contribution is -0.123. The molecule has 2 aromatic heterocycles. The third kappa shape index (κ3) is 3.57. The number of aromatic nitrogens is 2. The van der Waals surface area contributed by atoms with Crippen LogP contribution < -0.4 is 5.32 Å². The second-order valence-corrected chi connectivity index (χ2v) is 7.22. The minimum Gasteiger partial charge on any atom is -0.303 e.